The average molecular weight is 325 g/mol. The largest absolute Gasteiger partial charge is 0.430 e. The van der Waals surface area contributed by atoms with Gasteiger partial charge in [-0.15, -0.1) is 0 Å². The van der Waals surface area contributed by atoms with Gasteiger partial charge in [-0.2, -0.15) is 0 Å². The Morgan fingerprint density at radius 3 is 2.95 bits per heavy atom. The molecule has 1 aromatic heterocycles. The summed E-state index contributed by atoms with van der Waals surface area (Å²) >= 11 is 5.85. The summed E-state index contributed by atoms with van der Waals surface area (Å²) in [7, 11) is -1.56. The van der Waals surface area contributed by atoms with Crippen molar-refractivity contribution in [3.8, 4) is 0 Å². The van der Waals surface area contributed by atoms with Gasteiger partial charge < -0.3 is 10.2 Å². The van der Waals surface area contributed by atoms with Crippen molar-refractivity contribution < 1.29 is 13.0 Å². The van der Waals surface area contributed by atoms with Gasteiger partial charge in [0.05, 0.1) is 10.8 Å². The number of benzene rings is 2. The minimum absolute atomic E-state index is 0.0267. The van der Waals surface area contributed by atoms with Crippen molar-refractivity contribution >= 4 is 39.2 Å². The Balaban J connectivity index is 1.91. The van der Waals surface area contributed by atoms with Crippen LogP contribution in [-0.4, -0.2) is 9.19 Å². The van der Waals surface area contributed by atoms with E-state index in [1.807, 2.05) is 0 Å². The minimum atomic E-state index is -1.56. The summed E-state index contributed by atoms with van der Waals surface area (Å²) in [6, 6.07) is 9.35. The van der Waals surface area contributed by atoms with Crippen LogP contribution in [-0.2, 0) is 16.6 Å². The van der Waals surface area contributed by atoms with Crippen LogP contribution in [0.25, 0.3) is 11.1 Å². The summed E-state index contributed by atoms with van der Waals surface area (Å²) in [4.78, 5) is 4.14. The molecule has 1 heterocycles. The quantitative estimate of drug-likeness (QED) is 0.748. The van der Waals surface area contributed by atoms with Gasteiger partial charge in [-0.25, -0.2) is 13.6 Å². The number of nitrogen functional groups attached to an aromatic ring is 1. The van der Waals surface area contributed by atoms with Gasteiger partial charge >= 0.3 is 0 Å². The van der Waals surface area contributed by atoms with E-state index in [1.54, 1.807) is 24.3 Å². The van der Waals surface area contributed by atoms with Crippen LogP contribution in [0.1, 0.15) is 5.56 Å². The number of nitrogens with two attached hydrogens (primary N) is 1. The van der Waals surface area contributed by atoms with Crippen molar-refractivity contribution in [1.29, 1.82) is 0 Å². The normalized spacial score (nSPS) is 12.7. The van der Waals surface area contributed by atoms with Gasteiger partial charge in [-0.3, -0.25) is 0 Å². The predicted octanol–water partition coefficient (Wildman–Crippen LogP) is 3.51. The Kier molecular flexibility index (Phi) is 3.65. The van der Waals surface area contributed by atoms with Crippen LogP contribution in [0, 0.1) is 5.82 Å². The van der Waals surface area contributed by atoms with Crippen molar-refractivity contribution in [1.82, 2.24) is 4.98 Å². The topological polar surface area (TPSA) is 69.1 Å². The van der Waals surface area contributed by atoms with E-state index < -0.39 is 16.6 Å². The molecule has 0 saturated heterocycles. The maximum atomic E-state index is 13.4. The van der Waals surface area contributed by atoms with Gasteiger partial charge in [-0.05, 0) is 23.8 Å². The lowest BCUT2D eigenvalue weighted by molar-refractivity contribution is 0.477. The molecule has 2 N–H and O–H groups in total. The lowest BCUT2D eigenvalue weighted by Gasteiger charge is -2.02. The second kappa shape index (κ2) is 5.46. The highest BCUT2D eigenvalue weighted by molar-refractivity contribution is 7.84. The average Bonchev–Trinajstić information content (AvgIpc) is 2.87. The van der Waals surface area contributed by atoms with E-state index in [0.29, 0.717) is 22.4 Å². The summed E-state index contributed by atoms with van der Waals surface area (Å²) in [6.07, 6.45) is 0. The van der Waals surface area contributed by atoms with Crippen LogP contribution in [0.15, 0.2) is 46.0 Å². The third-order valence-electron chi connectivity index (χ3n) is 2.91. The fourth-order valence-electron chi connectivity index (χ4n) is 1.88. The molecule has 21 heavy (non-hydrogen) atoms. The van der Waals surface area contributed by atoms with Crippen LogP contribution >= 0.6 is 11.6 Å². The van der Waals surface area contributed by atoms with Gasteiger partial charge in [0.15, 0.2) is 5.58 Å². The van der Waals surface area contributed by atoms with E-state index in [0.717, 1.165) is 0 Å². The van der Waals surface area contributed by atoms with Gasteiger partial charge in [0, 0.05) is 11.8 Å². The maximum Gasteiger partial charge on any atom is 0.288 e. The molecule has 7 heteroatoms. The first-order valence-corrected chi connectivity index (χ1v) is 7.71. The van der Waals surface area contributed by atoms with Crippen LogP contribution < -0.4 is 5.73 Å². The number of hydrogen-bond acceptors (Lipinski definition) is 4. The summed E-state index contributed by atoms with van der Waals surface area (Å²) in [5.74, 6) is -0.518. The van der Waals surface area contributed by atoms with E-state index in [9.17, 15) is 8.60 Å². The standard InChI is InChI=1S/C14H10ClFN2O2S/c15-13-8(2-1-3-10(13)16)7-21(19)14-18-11-5-4-9(17)6-12(11)20-14/h1-6H,7,17H2. The number of halogens is 2. The molecule has 0 aliphatic carbocycles. The van der Waals surface area contributed by atoms with Crippen molar-refractivity contribution in [2.75, 3.05) is 5.73 Å². The minimum Gasteiger partial charge on any atom is -0.430 e. The molecule has 1 unspecified atom stereocenters. The molecule has 2 aromatic carbocycles. The lowest BCUT2D eigenvalue weighted by atomic mass is 10.2. The molecule has 0 aliphatic heterocycles. The van der Waals surface area contributed by atoms with Crippen molar-refractivity contribution in [2.24, 2.45) is 0 Å². The Labute approximate surface area is 127 Å². The van der Waals surface area contributed by atoms with Gasteiger partial charge in [-0.1, -0.05) is 23.7 Å². The molecular weight excluding hydrogens is 315 g/mol. The molecule has 0 saturated carbocycles. The van der Waals surface area contributed by atoms with Crippen LogP contribution in [0.5, 0.6) is 0 Å². The van der Waals surface area contributed by atoms with E-state index in [4.69, 9.17) is 21.8 Å². The highest BCUT2D eigenvalue weighted by Gasteiger charge is 2.16. The summed E-state index contributed by atoms with van der Waals surface area (Å²) in [5, 5.41) is 0.0298. The fraction of sp³-hybridized carbons (Fsp3) is 0.0714. The lowest BCUT2D eigenvalue weighted by Crippen LogP contribution is -1.98. The van der Waals surface area contributed by atoms with Crippen molar-refractivity contribution in [3.05, 3.63) is 52.8 Å². The summed E-state index contributed by atoms with van der Waals surface area (Å²) < 4.78 is 31.1. The molecular formula is C14H10ClFN2O2S. The predicted molar refractivity (Wildman–Crippen MR) is 79.9 cm³/mol. The zero-order valence-corrected chi connectivity index (χ0v) is 12.2. The van der Waals surface area contributed by atoms with Gasteiger partial charge in [0.1, 0.15) is 22.1 Å². The monoisotopic (exact) mass is 324 g/mol. The second-order valence-electron chi connectivity index (χ2n) is 4.41. The molecule has 108 valence electrons. The number of rotatable bonds is 3. The van der Waals surface area contributed by atoms with Gasteiger partial charge in [0.25, 0.3) is 5.22 Å². The molecule has 0 bridgehead atoms. The summed E-state index contributed by atoms with van der Waals surface area (Å²) in [5.41, 5.74) is 7.65. The molecule has 0 amide bonds. The van der Waals surface area contributed by atoms with Crippen LogP contribution in [0.4, 0.5) is 10.1 Å². The van der Waals surface area contributed by atoms with Crippen LogP contribution in [0.3, 0.4) is 0 Å². The number of aromatic nitrogens is 1. The summed E-state index contributed by atoms with van der Waals surface area (Å²) in [6.45, 7) is 0. The second-order valence-corrected chi connectivity index (χ2v) is 6.12. The SMILES string of the molecule is Nc1ccc2nc(S(=O)Cc3cccc(F)c3Cl)oc2c1. The Morgan fingerprint density at radius 1 is 1.33 bits per heavy atom. The van der Waals surface area contributed by atoms with E-state index in [2.05, 4.69) is 4.98 Å². The fourth-order valence-corrected chi connectivity index (χ4v) is 3.18. The number of hydrogen-bond donors (Lipinski definition) is 1. The zero-order valence-electron chi connectivity index (χ0n) is 10.7. The van der Waals surface area contributed by atoms with E-state index in [1.165, 1.54) is 12.1 Å². The number of nitrogens with zero attached hydrogens (tertiary/aromatic N) is 1. The number of anilines is 1. The molecule has 4 nitrogen and oxygen atoms in total. The first-order valence-electron chi connectivity index (χ1n) is 6.02. The molecule has 3 aromatic rings. The Morgan fingerprint density at radius 2 is 2.14 bits per heavy atom. The number of oxazole rings is 1. The van der Waals surface area contributed by atoms with Gasteiger partial charge in [0.2, 0.25) is 0 Å². The first kappa shape index (κ1) is 14.0. The first-order chi connectivity index (χ1) is 10.0. The molecule has 0 fully saturated rings. The van der Waals surface area contributed by atoms with Crippen LogP contribution in [0.2, 0.25) is 5.02 Å². The highest BCUT2D eigenvalue weighted by atomic mass is 35.5. The third kappa shape index (κ3) is 2.77. The number of fused-ring (bicyclic) bond motifs is 1. The van der Waals surface area contributed by atoms with Crippen molar-refractivity contribution in [3.63, 3.8) is 0 Å². The molecule has 1 atom stereocenters. The smallest absolute Gasteiger partial charge is 0.288 e. The molecule has 3 rings (SSSR count). The Hall–Kier alpha value is -1.92. The Bertz CT molecular complexity index is 850. The van der Waals surface area contributed by atoms with E-state index >= 15 is 0 Å². The third-order valence-corrected chi connectivity index (χ3v) is 4.47. The molecule has 0 radical (unpaired) electrons. The van der Waals surface area contributed by atoms with E-state index in [-0.39, 0.29) is 16.0 Å². The maximum absolute atomic E-state index is 13.4. The van der Waals surface area contributed by atoms with Crippen molar-refractivity contribution in [2.45, 2.75) is 11.0 Å². The highest BCUT2D eigenvalue weighted by Crippen LogP contribution is 2.25. The molecule has 0 spiro atoms. The molecule has 0 aliphatic rings. The zero-order chi connectivity index (χ0) is 15.0.